The Morgan fingerprint density at radius 2 is 1.82 bits per heavy atom. The lowest BCUT2D eigenvalue weighted by Gasteiger charge is -2.19. The van der Waals surface area contributed by atoms with E-state index in [4.69, 9.17) is 18.9 Å². The maximum Gasteiger partial charge on any atom is 0.251 e. The summed E-state index contributed by atoms with van der Waals surface area (Å²) in [4.78, 5) is 19.3. The Kier molecular flexibility index (Phi) is 9.12. The predicted molar refractivity (Wildman–Crippen MR) is 132 cm³/mol. The van der Waals surface area contributed by atoms with Crippen LogP contribution in [0, 0.1) is 0 Å². The summed E-state index contributed by atoms with van der Waals surface area (Å²) in [6, 6.07) is 11.2. The van der Waals surface area contributed by atoms with Gasteiger partial charge in [-0.2, -0.15) is 0 Å². The molecule has 0 bridgehead atoms. The van der Waals surface area contributed by atoms with Crippen LogP contribution in [0.3, 0.4) is 0 Å². The lowest BCUT2D eigenvalue weighted by molar-refractivity contribution is 0.0931. The number of carbonyl (C=O) groups excluding carboxylic acids is 1. The summed E-state index contributed by atoms with van der Waals surface area (Å²) in [7, 11) is 6.61. The van der Waals surface area contributed by atoms with Crippen molar-refractivity contribution in [2.24, 2.45) is 0 Å². The van der Waals surface area contributed by atoms with Crippen molar-refractivity contribution < 1.29 is 23.7 Å². The second kappa shape index (κ2) is 12.2. The van der Waals surface area contributed by atoms with E-state index in [1.807, 2.05) is 30.6 Å². The van der Waals surface area contributed by atoms with Gasteiger partial charge in [-0.1, -0.05) is 12.1 Å². The molecular weight excluding hydrogens is 454 g/mol. The Hall–Kier alpha value is -3.30. The number of thiazole rings is 1. The number of aromatic nitrogens is 1. The molecule has 3 rings (SSSR count). The van der Waals surface area contributed by atoms with E-state index in [0.717, 1.165) is 30.1 Å². The lowest BCUT2D eigenvalue weighted by Crippen LogP contribution is -2.33. The van der Waals surface area contributed by atoms with Crippen LogP contribution in [0.15, 0.2) is 47.3 Å². The first-order valence-electron chi connectivity index (χ1n) is 10.8. The smallest absolute Gasteiger partial charge is 0.251 e. The van der Waals surface area contributed by atoms with Crippen molar-refractivity contribution in [3.63, 3.8) is 0 Å². The van der Waals surface area contributed by atoms with Crippen LogP contribution in [0.25, 0.3) is 0 Å². The number of rotatable bonds is 12. The Labute approximate surface area is 204 Å². The predicted octanol–water partition coefficient (Wildman–Crippen LogP) is 4.00. The highest BCUT2D eigenvalue weighted by Crippen LogP contribution is 2.38. The largest absolute Gasteiger partial charge is 0.493 e. The minimum atomic E-state index is -0.257. The standard InChI is InChI=1S/C25H31N3O5S/c1-17(12-26-25(29)19-10-22(30-3)24(32-5)23(11-19)31-4)33-21-8-6-7-18(9-21)13-28(2)14-20-15-34-16-27-20/h6-11,15-17H,12-14H2,1-5H3,(H,26,29)/t17-/m1/s1. The Morgan fingerprint density at radius 1 is 1.09 bits per heavy atom. The molecule has 1 amide bonds. The first-order chi connectivity index (χ1) is 16.4. The van der Waals surface area contributed by atoms with Crippen molar-refractivity contribution in [1.82, 2.24) is 15.2 Å². The third-order valence-electron chi connectivity index (χ3n) is 5.08. The van der Waals surface area contributed by atoms with Crippen LogP contribution in [0.2, 0.25) is 0 Å². The minimum absolute atomic E-state index is 0.228. The first kappa shape index (κ1) is 25.3. The van der Waals surface area contributed by atoms with Crippen molar-refractivity contribution in [2.45, 2.75) is 26.1 Å². The van der Waals surface area contributed by atoms with Crippen LogP contribution in [0.5, 0.6) is 23.0 Å². The molecule has 3 aromatic rings. The molecule has 0 fully saturated rings. The molecule has 1 aromatic heterocycles. The molecule has 182 valence electrons. The van der Waals surface area contributed by atoms with Crippen molar-refractivity contribution >= 4 is 17.2 Å². The van der Waals surface area contributed by atoms with E-state index in [2.05, 4.69) is 33.7 Å². The van der Waals surface area contributed by atoms with Crippen molar-refractivity contribution in [2.75, 3.05) is 34.9 Å². The lowest BCUT2D eigenvalue weighted by atomic mass is 10.1. The van der Waals surface area contributed by atoms with Crippen LogP contribution in [0.1, 0.15) is 28.5 Å². The zero-order valence-electron chi connectivity index (χ0n) is 20.2. The van der Waals surface area contributed by atoms with Crippen molar-refractivity contribution in [1.29, 1.82) is 0 Å². The van der Waals surface area contributed by atoms with Crippen molar-refractivity contribution in [3.8, 4) is 23.0 Å². The number of amides is 1. The van der Waals surface area contributed by atoms with Gasteiger partial charge in [0.05, 0.1) is 39.1 Å². The second-order valence-electron chi connectivity index (χ2n) is 7.85. The van der Waals surface area contributed by atoms with Gasteiger partial charge in [0.1, 0.15) is 11.9 Å². The molecule has 8 nitrogen and oxygen atoms in total. The van der Waals surface area contributed by atoms with Gasteiger partial charge in [-0.3, -0.25) is 9.69 Å². The summed E-state index contributed by atoms with van der Waals surface area (Å²) >= 11 is 1.60. The molecule has 0 radical (unpaired) electrons. The average Bonchev–Trinajstić information content (AvgIpc) is 3.34. The van der Waals surface area contributed by atoms with Crippen LogP contribution >= 0.6 is 11.3 Å². The zero-order chi connectivity index (χ0) is 24.5. The number of hydrogen-bond donors (Lipinski definition) is 1. The van der Waals surface area contributed by atoms with Gasteiger partial charge in [-0.15, -0.1) is 11.3 Å². The summed E-state index contributed by atoms with van der Waals surface area (Å²) < 4.78 is 22.0. The third kappa shape index (κ3) is 6.85. The normalized spacial score (nSPS) is 11.7. The summed E-state index contributed by atoms with van der Waals surface area (Å²) in [6.07, 6.45) is -0.228. The maximum atomic E-state index is 12.7. The van der Waals surface area contributed by atoms with Gasteiger partial charge < -0.3 is 24.3 Å². The molecule has 9 heteroatoms. The fourth-order valence-corrected chi connectivity index (χ4v) is 4.05. The van der Waals surface area contributed by atoms with Crippen molar-refractivity contribution in [3.05, 3.63) is 64.1 Å². The number of methoxy groups -OCH3 is 3. The Morgan fingerprint density at radius 3 is 2.44 bits per heavy atom. The van der Waals surface area contributed by atoms with Gasteiger partial charge >= 0.3 is 0 Å². The molecule has 0 aliphatic carbocycles. The van der Waals surface area contributed by atoms with Gasteiger partial charge in [-0.25, -0.2) is 4.98 Å². The van der Waals surface area contributed by atoms with Crippen LogP contribution < -0.4 is 24.3 Å². The van der Waals surface area contributed by atoms with Gasteiger partial charge in [0.2, 0.25) is 5.75 Å². The topological polar surface area (TPSA) is 82.2 Å². The summed E-state index contributed by atoms with van der Waals surface area (Å²) in [5, 5.41) is 4.96. The van der Waals surface area contributed by atoms with Crippen LogP contribution in [-0.4, -0.2) is 56.8 Å². The number of nitrogens with zero attached hydrogens (tertiary/aromatic N) is 2. The Bertz CT molecular complexity index is 1050. The van der Waals surface area contributed by atoms with E-state index in [1.54, 1.807) is 23.5 Å². The van der Waals surface area contributed by atoms with Gasteiger partial charge in [-0.05, 0) is 43.8 Å². The number of ether oxygens (including phenoxy) is 4. The fraction of sp³-hybridized carbons (Fsp3) is 0.360. The summed E-state index contributed by atoms with van der Waals surface area (Å²) in [5.74, 6) is 1.79. The highest BCUT2D eigenvalue weighted by molar-refractivity contribution is 7.07. The SMILES string of the molecule is COc1cc(C(=O)NC[C@@H](C)Oc2cccc(CN(C)Cc3cscn3)c2)cc(OC)c1OC. The molecule has 0 aliphatic rings. The van der Waals surface area contributed by atoms with E-state index in [9.17, 15) is 4.79 Å². The molecular formula is C25H31N3O5S. The van der Waals surface area contributed by atoms with Gasteiger partial charge in [0, 0.05) is 24.0 Å². The van der Waals surface area contributed by atoms with Crippen LogP contribution in [0.4, 0.5) is 0 Å². The van der Waals surface area contributed by atoms with Gasteiger partial charge in [0.15, 0.2) is 11.5 Å². The molecule has 1 atom stereocenters. The van der Waals surface area contributed by atoms with E-state index in [-0.39, 0.29) is 12.0 Å². The maximum absolute atomic E-state index is 12.7. The highest BCUT2D eigenvalue weighted by atomic mass is 32.1. The van der Waals surface area contributed by atoms with E-state index >= 15 is 0 Å². The number of nitrogens with one attached hydrogen (secondary N) is 1. The molecule has 0 aliphatic heterocycles. The van der Waals surface area contributed by atoms with Gasteiger partial charge in [0.25, 0.3) is 5.91 Å². The second-order valence-corrected chi connectivity index (χ2v) is 8.57. The molecule has 1 heterocycles. The molecule has 0 saturated carbocycles. The summed E-state index contributed by atoms with van der Waals surface area (Å²) in [6.45, 7) is 3.82. The average molecular weight is 486 g/mol. The number of hydrogen-bond acceptors (Lipinski definition) is 8. The van der Waals surface area contributed by atoms with E-state index < -0.39 is 0 Å². The molecule has 0 spiro atoms. The third-order valence-corrected chi connectivity index (χ3v) is 5.72. The molecule has 0 saturated heterocycles. The molecule has 2 aromatic carbocycles. The summed E-state index contributed by atoms with van der Waals surface area (Å²) in [5.41, 5.74) is 4.46. The molecule has 1 N–H and O–H groups in total. The number of benzene rings is 2. The quantitative estimate of drug-likeness (QED) is 0.415. The molecule has 0 unspecified atom stereocenters. The minimum Gasteiger partial charge on any atom is -0.493 e. The fourth-order valence-electron chi connectivity index (χ4n) is 3.50. The van der Waals surface area contributed by atoms with E-state index in [1.165, 1.54) is 21.3 Å². The van der Waals surface area contributed by atoms with E-state index in [0.29, 0.717) is 29.4 Å². The number of carbonyl (C=O) groups is 1. The highest BCUT2D eigenvalue weighted by Gasteiger charge is 2.17. The molecule has 34 heavy (non-hydrogen) atoms. The first-order valence-corrected chi connectivity index (χ1v) is 11.8. The van der Waals surface area contributed by atoms with Crippen LogP contribution in [-0.2, 0) is 13.1 Å². The monoisotopic (exact) mass is 485 g/mol. The zero-order valence-corrected chi connectivity index (χ0v) is 21.0. The Balaban J connectivity index is 1.55.